The van der Waals surface area contributed by atoms with Gasteiger partial charge in [-0.05, 0) is 6.07 Å². The maximum atomic E-state index is 14.5. The number of aromatic nitrogens is 2. The normalized spacial score (nSPS) is 22.1. The average molecular weight is 392 g/mol. The zero-order chi connectivity index (χ0) is 20.3. The molecule has 1 aromatic heterocycles. The summed E-state index contributed by atoms with van der Waals surface area (Å²) in [4.78, 5) is 32.8. The minimum absolute atomic E-state index is 0. The second-order valence-electron chi connectivity index (χ2n) is 6.79. The number of anilines is 1. The first-order chi connectivity index (χ1) is 13.1. The van der Waals surface area contributed by atoms with Gasteiger partial charge in [-0.1, -0.05) is 11.5 Å². The van der Waals surface area contributed by atoms with Crippen LogP contribution in [0.4, 0.5) is 23.5 Å². The van der Waals surface area contributed by atoms with E-state index in [4.69, 9.17) is 7.85 Å². The first-order valence-electron chi connectivity index (χ1n) is 8.17. The van der Waals surface area contributed by atoms with Gasteiger partial charge < -0.3 is 4.90 Å². The molecule has 144 valence electrons. The summed E-state index contributed by atoms with van der Waals surface area (Å²) in [5.74, 6) is -6.71. The van der Waals surface area contributed by atoms with Crippen molar-refractivity contribution in [3.8, 4) is 0 Å². The van der Waals surface area contributed by atoms with Crippen LogP contribution in [0.1, 0.15) is 23.8 Å². The van der Waals surface area contributed by atoms with Gasteiger partial charge in [0, 0.05) is 25.5 Å². The van der Waals surface area contributed by atoms with E-state index in [0.29, 0.717) is 0 Å². The van der Waals surface area contributed by atoms with Crippen LogP contribution < -0.4 is 10.8 Å². The monoisotopic (exact) mass is 392 g/mol. The quantitative estimate of drug-likeness (QED) is 0.629. The van der Waals surface area contributed by atoms with Crippen LogP contribution in [0.3, 0.4) is 0 Å². The van der Waals surface area contributed by atoms with Crippen LogP contribution in [0.25, 0.3) is 0 Å². The number of benzene rings is 1. The Balaban J connectivity index is 0.00000240. The molecule has 0 unspecified atom stereocenters. The lowest BCUT2D eigenvalue weighted by Gasteiger charge is -2.35. The maximum Gasteiger partial charge on any atom is 0.260 e. The molecule has 1 fully saturated rings. The smallest absolute Gasteiger partial charge is 0.260 e. The molecule has 2 aliphatic rings. The molecule has 1 aromatic carbocycles. The number of hydrogen-bond donors (Lipinski definition) is 1. The molecule has 0 saturated heterocycles. The highest BCUT2D eigenvalue weighted by Gasteiger charge is 2.75. The highest BCUT2D eigenvalue weighted by Crippen LogP contribution is 2.64. The molecular weight excluding hydrogens is 379 g/mol. The molecule has 1 N–H and O–H groups in total. The predicted molar refractivity (Wildman–Crippen MR) is 91.7 cm³/mol. The van der Waals surface area contributed by atoms with E-state index < -0.39 is 59.9 Å². The Morgan fingerprint density at radius 2 is 1.93 bits per heavy atom. The number of halogens is 4. The van der Waals surface area contributed by atoms with Crippen molar-refractivity contribution in [1.29, 1.82) is 0 Å². The van der Waals surface area contributed by atoms with Gasteiger partial charge >= 0.3 is 0 Å². The van der Waals surface area contributed by atoms with Crippen molar-refractivity contribution in [2.75, 3.05) is 18.4 Å². The van der Waals surface area contributed by atoms with Crippen LogP contribution in [0.15, 0.2) is 24.5 Å². The van der Waals surface area contributed by atoms with Gasteiger partial charge in [0.05, 0.1) is 17.8 Å². The summed E-state index contributed by atoms with van der Waals surface area (Å²) in [5, 5.41) is 2.25. The number of alkyl halides is 2. The van der Waals surface area contributed by atoms with E-state index in [2.05, 4.69) is 15.3 Å². The van der Waals surface area contributed by atoms with Crippen molar-refractivity contribution in [2.24, 2.45) is 0 Å². The van der Waals surface area contributed by atoms with Crippen LogP contribution in [0, 0.1) is 11.6 Å². The van der Waals surface area contributed by atoms with Gasteiger partial charge in [-0.25, -0.2) is 27.5 Å². The molecule has 2 radical (unpaired) electrons. The fraction of sp³-hybridized carbons (Fsp3) is 0.294. The Hall–Kier alpha value is -2.98. The molecule has 1 aliphatic heterocycles. The Bertz CT molecular complexity index is 1010. The number of fused-ring (bicyclic) bond motifs is 2. The van der Waals surface area contributed by atoms with Crippen LogP contribution in [0.5, 0.6) is 0 Å². The zero-order valence-corrected chi connectivity index (χ0v) is 14.2. The van der Waals surface area contributed by atoms with E-state index >= 15 is 0 Å². The molecule has 2 aromatic rings. The number of hydrogen-bond acceptors (Lipinski definition) is 4. The molecule has 1 atom stereocenters. The number of carbonyl (C=O) groups excluding carboxylic acids is 2. The van der Waals surface area contributed by atoms with E-state index in [1.54, 1.807) is 0 Å². The molecule has 1 saturated carbocycles. The number of rotatable bonds is 3. The third-order valence-corrected chi connectivity index (χ3v) is 4.93. The summed E-state index contributed by atoms with van der Waals surface area (Å²) < 4.78 is 55.7. The molecule has 1 spiro atoms. The highest BCUT2D eigenvalue weighted by molar-refractivity contribution is 6.32. The van der Waals surface area contributed by atoms with E-state index in [0.717, 1.165) is 23.4 Å². The van der Waals surface area contributed by atoms with E-state index in [1.807, 2.05) is 0 Å². The van der Waals surface area contributed by atoms with Crippen molar-refractivity contribution in [1.82, 2.24) is 14.9 Å². The van der Waals surface area contributed by atoms with Crippen LogP contribution in [0.2, 0.25) is 0 Å². The fourth-order valence-electron chi connectivity index (χ4n) is 3.51. The Morgan fingerprint density at radius 1 is 1.29 bits per heavy atom. The maximum absolute atomic E-state index is 14.5. The lowest BCUT2D eigenvalue weighted by Crippen LogP contribution is -2.49. The number of nitrogens with one attached hydrogen (secondary N) is 1. The van der Waals surface area contributed by atoms with E-state index in [9.17, 15) is 27.2 Å². The zero-order valence-electron chi connectivity index (χ0n) is 14.2. The van der Waals surface area contributed by atoms with Crippen LogP contribution >= 0.6 is 0 Å². The summed E-state index contributed by atoms with van der Waals surface area (Å²) in [7, 11) is 5.49. The highest BCUT2D eigenvalue weighted by atomic mass is 19.3. The van der Waals surface area contributed by atoms with E-state index in [-0.39, 0.29) is 18.4 Å². The van der Waals surface area contributed by atoms with Crippen LogP contribution in [-0.2, 0) is 10.2 Å². The summed E-state index contributed by atoms with van der Waals surface area (Å²) in [5.41, 5.74) is -2.89. The van der Waals surface area contributed by atoms with Crippen molar-refractivity contribution in [2.45, 2.75) is 17.8 Å². The fourth-order valence-corrected chi connectivity index (χ4v) is 3.51. The summed E-state index contributed by atoms with van der Waals surface area (Å²) in [6.45, 7) is -1.12. The first-order valence-corrected chi connectivity index (χ1v) is 8.17. The van der Waals surface area contributed by atoms with Gasteiger partial charge in [0.2, 0.25) is 11.9 Å². The van der Waals surface area contributed by atoms with Gasteiger partial charge in [0.15, 0.2) is 5.82 Å². The molecule has 4 rings (SSSR count). The van der Waals surface area contributed by atoms with E-state index in [1.165, 1.54) is 6.07 Å². The molecule has 0 bridgehead atoms. The molecule has 1 aliphatic carbocycles. The van der Waals surface area contributed by atoms with Gasteiger partial charge in [-0.3, -0.25) is 14.9 Å². The molecule has 2 heterocycles. The first kappa shape index (κ1) is 18.4. The predicted octanol–water partition coefficient (Wildman–Crippen LogP) is 1.17. The topological polar surface area (TPSA) is 75.2 Å². The number of carbonyl (C=O) groups is 2. The number of amides is 2. The largest absolute Gasteiger partial charge is 0.328 e. The third-order valence-electron chi connectivity index (χ3n) is 4.93. The lowest BCUT2D eigenvalue weighted by atomic mass is 9.80. The standard InChI is InChI=1S/C17H11BF4N4O2.H2/c18-10-2-1-9-12(13(10)20)16(6-17(16,21)22)7-26(14(9)28)5-11(27)25-15-23-3-8(19)4-24-15;/h1-4H,5-7H2,(H,23,24,25,27);1H/t16-;/m1./s1. The molecule has 28 heavy (non-hydrogen) atoms. The Labute approximate surface area is 158 Å². The second-order valence-corrected chi connectivity index (χ2v) is 6.79. The average Bonchev–Trinajstić information content (AvgIpc) is 3.17. The Kier molecular flexibility index (Phi) is 3.95. The molecule has 6 nitrogen and oxygen atoms in total. The Morgan fingerprint density at radius 3 is 2.54 bits per heavy atom. The molecular formula is C17H13BF4N4O2. The lowest BCUT2D eigenvalue weighted by molar-refractivity contribution is -0.117. The van der Waals surface area contributed by atoms with Gasteiger partial charge in [0.25, 0.3) is 11.8 Å². The van der Waals surface area contributed by atoms with Gasteiger partial charge in [-0.2, -0.15) is 0 Å². The SMILES string of the molecule is [B]c1ccc2c(c1F)[C@]1(CN(CC(=O)Nc3ncc(F)cn3)C2=O)CC1(F)F.[HH]. The van der Waals surface area contributed by atoms with Crippen molar-refractivity contribution < 1.29 is 28.6 Å². The second kappa shape index (κ2) is 6.01. The van der Waals surface area contributed by atoms with Gasteiger partial charge in [-0.15, -0.1) is 0 Å². The molecule has 2 amide bonds. The van der Waals surface area contributed by atoms with Crippen molar-refractivity contribution in [3.05, 3.63) is 47.3 Å². The van der Waals surface area contributed by atoms with Crippen LogP contribution in [-0.4, -0.2) is 53.5 Å². The van der Waals surface area contributed by atoms with Gasteiger partial charge in [0.1, 0.15) is 20.2 Å². The number of nitrogens with zero attached hydrogens (tertiary/aromatic N) is 3. The minimum Gasteiger partial charge on any atom is -0.328 e. The summed E-state index contributed by atoms with van der Waals surface area (Å²) >= 11 is 0. The molecule has 11 heteroatoms. The summed E-state index contributed by atoms with van der Waals surface area (Å²) in [6, 6.07) is 2.30. The third kappa shape index (κ3) is 2.72. The van der Waals surface area contributed by atoms with Crippen molar-refractivity contribution >= 4 is 31.1 Å². The summed E-state index contributed by atoms with van der Waals surface area (Å²) in [6.07, 6.45) is 1.01. The van der Waals surface area contributed by atoms with Crippen molar-refractivity contribution in [3.63, 3.8) is 0 Å². The minimum atomic E-state index is -3.23.